The molecule has 1 aliphatic heterocycles. The number of benzene rings is 1. The monoisotopic (exact) mass is 386 g/mol. The maximum absolute atomic E-state index is 11.8. The smallest absolute Gasteiger partial charge is 0.280 e. The van der Waals surface area contributed by atoms with E-state index in [9.17, 15) is 10.1 Å². The first kappa shape index (κ1) is 17.4. The van der Waals surface area contributed by atoms with Crippen molar-refractivity contribution in [2.75, 3.05) is 18.7 Å². The summed E-state index contributed by atoms with van der Waals surface area (Å²) in [5.41, 5.74) is 7.17. The Labute approximate surface area is 154 Å². The molecule has 1 atom stereocenters. The third-order valence-electron chi connectivity index (χ3n) is 3.94. The number of hydrogen-bond donors (Lipinski definition) is 2. The van der Waals surface area contributed by atoms with E-state index in [1.165, 1.54) is 6.33 Å². The van der Waals surface area contributed by atoms with E-state index in [-0.39, 0.29) is 23.4 Å². The first-order chi connectivity index (χ1) is 13.2. The van der Waals surface area contributed by atoms with Crippen LogP contribution < -0.4 is 15.8 Å². The topological polar surface area (TPSA) is 141 Å². The summed E-state index contributed by atoms with van der Waals surface area (Å²) in [5.74, 6) is 0.607. The molecule has 3 N–H and O–H groups in total. The molecule has 11 heteroatoms. The molecule has 138 valence electrons. The average molecular weight is 386 g/mol. The van der Waals surface area contributed by atoms with Crippen LogP contribution in [0.4, 0.5) is 5.95 Å². The van der Waals surface area contributed by atoms with E-state index in [0.29, 0.717) is 36.7 Å². The van der Waals surface area contributed by atoms with Gasteiger partial charge in [0.2, 0.25) is 5.95 Å². The SMILES string of the molecule is N#Cc1cccc2c1OP(COCCn1cnc3c(=O)[nH]c(N)nc31)OC2. The lowest BCUT2D eigenvalue weighted by Gasteiger charge is -2.25. The van der Waals surface area contributed by atoms with Crippen molar-refractivity contribution < 1.29 is 13.8 Å². The molecule has 0 fully saturated rings. The second kappa shape index (κ2) is 7.32. The number of imidazole rings is 1. The lowest BCUT2D eigenvalue weighted by molar-refractivity contribution is 0.148. The van der Waals surface area contributed by atoms with Gasteiger partial charge >= 0.3 is 0 Å². The summed E-state index contributed by atoms with van der Waals surface area (Å²) in [6.45, 7) is 1.17. The van der Waals surface area contributed by atoms with Gasteiger partial charge in [-0.25, -0.2) is 4.98 Å². The molecule has 0 bridgehead atoms. The Balaban J connectivity index is 1.35. The Bertz CT molecular complexity index is 1090. The van der Waals surface area contributed by atoms with Gasteiger partial charge in [0.1, 0.15) is 18.2 Å². The van der Waals surface area contributed by atoms with Crippen molar-refractivity contribution >= 4 is 25.5 Å². The molecule has 1 aliphatic rings. The van der Waals surface area contributed by atoms with E-state index in [1.54, 1.807) is 16.7 Å². The summed E-state index contributed by atoms with van der Waals surface area (Å²) in [6.07, 6.45) is 1.78. The summed E-state index contributed by atoms with van der Waals surface area (Å²) in [6, 6.07) is 7.50. The highest BCUT2D eigenvalue weighted by Crippen LogP contribution is 2.47. The summed E-state index contributed by atoms with van der Waals surface area (Å²) >= 11 is 0. The Morgan fingerprint density at radius 2 is 2.37 bits per heavy atom. The zero-order chi connectivity index (χ0) is 18.8. The third kappa shape index (κ3) is 3.48. The fourth-order valence-corrected chi connectivity index (χ4v) is 3.82. The molecule has 0 saturated heterocycles. The number of nitrogens with zero attached hydrogens (tertiary/aromatic N) is 4. The van der Waals surface area contributed by atoms with Crippen LogP contribution in [0.15, 0.2) is 29.3 Å². The van der Waals surface area contributed by atoms with Crippen molar-refractivity contribution in [1.82, 2.24) is 19.5 Å². The summed E-state index contributed by atoms with van der Waals surface area (Å²) < 4.78 is 18.8. The number of aromatic nitrogens is 4. The van der Waals surface area contributed by atoms with E-state index in [0.717, 1.165) is 5.56 Å². The standard InChI is InChI=1S/C16H15N6O4P/c17-6-10-2-1-3-11-7-25-27(26-13(10)11)9-24-5-4-22-8-19-12-14(22)20-16(18)21-15(12)23/h1-3,8H,4-5,7,9H2,(H3,18,20,21,23). The Morgan fingerprint density at radius 3 is 3.22 bits per heavy atom. The van der Waals surface area contributed by atoms with E-state index in [2.05, 4.69) is 21.0 Å². The van der Waals surface area contributed by atoms with Crippen molar-refractivity contribution in [1.29, 1.82) is 5.26 Å². The maximum Gasteiger partial charge on any atom is 0.280 e. The maximum atomic E-state index is 11.8. The lowest BCUT2D eigenvalue weighted by Crippen LogP contribution is -2.14. The Hall–Kier alpha value is -2.99. The molecule has 3 heterocycles. The highest BCUT2D eigenvalue weighted by Gasteiger charge is 2.24. The fourth-order valence-electron chi connectivity index (χ4n) is 2.66. The zero-order valence-electron chi connectivity index (χ0n) is 14.1. The predicted molar refractivity (Wildman–Crippen MR) is 96.9 cm³/mol. The van der Waals surface area contributed by atoms with Crippen molar-refractivity contribution in [2.24, 2.45) is 0 Å². The highest BCUT2D eigenvalue weighted by atomic mass is 31.2. The number of ether oxygens (including phenoxy) is 1. The van der Waals surface area contributed by atoms with Crippen molar-refractivity contribution in [3.63, 3.8) is 0 Å². The van der Waals surface area contributed by atoms with Crippen LogP contribution in [0.5, 0.6) is 5.75 Å². The van der Waals surface area contributed by atoms with Gasteiger partial charge in [0.05, 0.1) is 25.1 Å². The minimum atomic E-state index is -1.28. The summed E-state index contributed by atoms with van der Waals surface area (Å²) in [7, 11) is -1.28. The Morgan fingerprint density at radius 1 is 1.48 bits per heavy atom. The molecule has 0 amide bonds. The lowest BCUT2D eigenvalue weighted by atomic mass is 10.1. The van der Waals surface area contributed by atoms with Gasteiger partial charge in [-0.05, 0) is 6.07 Å². The van der Waals surface area contributed by atoms with Gasteiger partial charge in [-0.2, -0.15) is 10.2 Å². The summed E-state index contributed by atoms with van der Waals surface area (Å²) in [5, 5.41) is 9.18. The highest BCUT2D eigenvalue weighted by molar-refractivity contribution is 7.47. The van der Waals surface area contributed by atoms with Gasteiger partial charge in [0.15, 0.2) is 11.2 Å². The summed E-state index contributed by atoms with van der Waals surface area (Å²) in [4.78, 5) is 22.3. The van der Waals surface area contributed by atoms with Crippen LogP contribution in [0.1, 0.15) is 11.1 Å². The number of aromatic amines is 1. The van der Waals surface area contributed by atoms with Gasteiger partial charge in [-0.3, -0.25) is 9.78 Å². The molecule has 4 rings (SSSR count). The van der Waals surface area contributed by atoms with Crippen molar-refractivity contribution in [3.05, 3.63) is 46.0 Å². The van der Waals surface area contributed by atoms with Gasteiger partial charge in [0.25, 0.3) is 13.9 Å². The zero-order valence-corrected chi connectivity index (χ0v) is 15.0. The largest absolute Gasteiger partial charge is 0.444 e. The van der Waals surface area contributed by atoms with Gasteiger partial charge in [0, 0.05) is 12.1 Å². The number of nitriles is 1. The van der Waals surface area contributed by atoms with Crippen LogP contribution in [0.2, 0.25) is 0 Å². The van der Waals surface area contributed by atoms with Gasteiger partial charge < -0.3 is 24.1 Å². The van der Waals surface area contributed by atoms with E-state index >= 15 is 0 Å². The molecule has 27 heavy (non-hydrogen) atoms. The first-order valence-corrected chi connectivity index (χ1v) is 9.41. The number of para-hydroxylation sites is 1. The van der Waals surface area contributed by atoms with Gasteiger partial charge in [-0.1, -0.05) is 12.1 Å². The van der Waals surface area contributed by atoms with Crippen LogP contribution in [-0.4, -0.2) is 32.5 Å². The number of hydrogen-bond acceptors (Lipinski definition) is 8. The molecule has 1 unspecified atom stereocenters. The number of nitrogen functional groups attached to an aromatic ring is 1. The van der Waals surface area contributed by atoms with E-state index in [4.69, 9.17) is 19.5 Å². The molecule has 0 radical (unpaired) electrons. The number of fused-ring (bicyclic) bond motifs is 2. The number of anilines is 1. The minimum Gasteiger partial charge on any atom is -0.444 e. The molecule has 3 aromatic rings. The molecule has 0 aliphatic carbocycles. The number of H-pyrrole nitrogens is 1. The number of rotatable bonds is 5. The quantitative estimate of drug-likeness (QED) is 0.496. The van der Waals surface area contributed by atoms with E-state index < -0.39 is 8.38 Å². The molecular weight excluding hydrogens is 371 g/mol. The van der Waals surface area contributed by atoms with Crippen LogP contribution in [0.3, 0.4) is 0 Å². The number of nitrogens with one attached hydrogen (secondary N) is 1. The van der Waals surface area contributed by atoms with Crippen LogP contribution in [0.25, 0.3) is 11.2 Å². The first-order valence-electron chi connectivity index (χ1n) is 8.04. The van der Waals surface area contributed by atoms with Crippen molar-refractivity contribution in [3.8, 4) is 11.8 Å². The van der Waals surface area contributed by atoms with Crippen LogP contribution in [-0.2, 0) is 22.4 Å². The second-order valence-corrected chi connectivity index (χ2v) is 7.07. The predicted octanol–water partition coefficient (Wildman–Crippen LogP) is 1.47. The fraction of sp³-hybridized carbons (Fsp3) is 0.250. The Kier molecular flexibility index (Phi) is 4.73. The molecular formula is C16H15N6O4P. The molecule has 2 aromatic heterocycles. The average Bonchev–Trinajstić information content (AvgIpc) is 3.07. The van der Waals surface area contributed by atoms with Gasteiger partial charge in [-0.15, -0.1) is 0 Å². The van der Waals surface area contributed by atoms with Crippen molar-refractivity contribution in [2.45, 2.75) is 13.2 Å². The third-order valence-corrected chi connectivity index (χ3v) is 5.14. The second-order valence-electron chi connectivity index (χ2n) is 5.70. The molecule has 10 nitrogen and oxygen atoms in total. The normalized spacial score (nSPS) is 15.9. The van der Waals surface area contributed by atoms with Crippen LogP contribution >= 0.6 is 8.38 Å². The molecule has 0 spiro atoms. The van der Waals surface area contributed by atoms with E-state index in [1.807, 2.05) is 6.07 Å². The molecule has 1 aromatic carbocycles. The number of nitrogens with two attached hydrogens (primary N) is 1. The minimum absolute atomic E-state index is 0.0367. The molecule has 0 saturated carbocycles. The van der Waals surface area contributed by atoms with Crippen LogP contribution in [0, 0.1) is 11.3 Å².